The average Bonchev–Trinajstić information content (AvgIpc) is 3.18. The zero-order valence-corrected chi connectivity index (χ0v) is 13.5. The molecule has 108 valence electrons. The van der Waals surface area contributed by atoms with Crippen molar-refractivity contribution < 1.29 is 8.42 Å². The standard InChI is InChI=1S/C15H13NO2S3/c17-21(18,15-7-4-10-19-15)16-11-13-8-9-14(20-13)12-5-2-1-3-6-12/h1-10,16H,11H2. The Morgan fingerprint density at radius 3 is 2.48 bits per heavy atom. The van der Waals surface area contributed by atoms with Crippen LogP contribution in [0.5, 0.6) is 0 Å². The van der Waals surface area contributed by atoms with Crippen molar-refractivity contribution in [3.05, 3.63) is 64.9 Å². The van der Waals surface area contributed by atoms with Crippen LogP contribution in [0, 0.1) is 0 Å². The van der Waals surface area contributed by atoms with Crippen LogP contribution in [0.25, 0.3) is 10.4 Å². The molecule has 0 atom stereocenters. The highest BCUT2D eigenvalue weighted by Gasteiger charge is 2.15. The van der Waals surface area contributed by atoms with Gasteiger partial charge in [0, 0.05) is 16.3 Å². The fraction of sp³-hybridized carbons (Fsp3) is 0.0667. The quantitative estimate of drug-likeness (QED) is 0.767. The Morgan fingerprint density at radius 1 is 0.952 bits per heavy atom. The van der Waals surface area contributed by atoms with E-state index in [1.54, 1.807) is 28.8 Å². The molecule has 3 nitrogen and oxygen atoms in total. The van der Waals surface area contributed by atoms with Crippen molar-refractivity contribution in [1.82, 2.24) is 4.72 Å². The third-order valence-corrected chi connectivity index (χ3v) is 6.85. The van der Waals surface area contributed by atoms with Crippen LogP contribution in [0.1, 0.15) is 4.88 Å². The van der Waals surface area contributed by atoms with E-state index in [1.807, 2.05) is 42.5 Å². The van der Waals surface area contributed by atoms with Crippen LogP contribution < -0.4 is 4.72 Å². The highest BCUT2D eigenvalue weighted by atomic mass is 32.2. The van der Waals surface area contributed by atoms with Crippen LogP contribution in [-0.2, 0) is 16.6 Å². The summed E-state index contributed by atoms with van der Waals surface area (Å²) in [5.74, 6) is 0. The van der Waals surface area contributed by atoms with Gasteiger partial charge in [0.25, 0.3) is 0 Å². The van der Waals surface area contributed by atoms with Crippen LogP contribution in [0.2, 0.25) is 0 Å². The third-order valence-electron chi connectivity index (χ3n) is 2.92. The molecule has 21 heavy (non-hydrogen) atoms. The number of sulfonamides is 1. The molecule has 0 spiro atoms. The second-order valence-corrected chi connectivity index (χ2v) is 8.50. The second kappa shape index (κ2) is 6.11. The molecule has 0 fully saturated rings. The van der Waals surface area contributed by atoms with Gasteiger partial charge in [-0.15, -0.1) is 22.7 Å². The van der Waals surface area contributed by atoms with Crippen molar-refractivity contribution in [1.29, 1.82) is 0 Å². The highest BCUT2D eigenvalue weighted by Crippen LogP contribution is 2.28. The summed E-state index contributed by atoms with van der Waals surface area (Å²) in [5.41, 5.74) is 1.15. The molecule has 0 bridgehead atoms. The van der Waals surface area contributed by atoms with Crippen molar-refractivity contribution in [2.45, 2.75) is 10.8 Å². The van der Waals surface area contributed by atoms with Crippen LogP contribution >= 0.6 is 22.7 Å². The van der Waals surface area contributed by atoms with Crippen LogP contribution in [0.15, 0.2) is 64.2 Å². The monoisotopic (exact) mass is 335 g/mol. The molecule has 0 aliphatic heterocycles. The highest BCUT2D eigenvalue weighted by molar-refractivity contribution is 7.91. The number of hydrogen-bond donors (Lipinski definition) is 1. The SMILES string of the molecule is O=S(=O)(NCc1ccc(-c2ccccc2)s1)c1cccs1. The van der Waals surface area contributed by atoms with Crippen molar-refractivity contribution in [3.63, 3.8) is 0 Å². The molecule has 6 heteroatoms. The Kier molecular flexibility index (Phi) is 4.21. The van der Waals surface area contributed by atoms with E-state index in [0.29, 0.717) is 10.8 Å². The molecular weight excluding hydrogens is 322 g/mol. The van der Waals surface area contributed by atoms with E-state index < -0.39 is 10.0 Å². The zero-order chi connectivity index (χ0) is 14.7. The molecule has 0 amide bonds. The third kappa shape index (κ3) is 3.41. The molecule has 3 aromatic rings. The summed E-state index contributed by atoms with van der Waals surface area (Å²) in [7, 11) is -3.40. The van der Waals surface area contributed by atoms with Gasteiger partial charge in [-0.2, -0.15) is 0 Å². The Labute approximate surface area is 132 Å². The van der Waals surface area contributed by atoms with Gasteiger partial charge in [0.1, 0.15) is 4.21 Å². The molecule has 2 heterocycles. The first-order valence-corrected chi connectivity index (χ1v) is 9.50. The van der Waals surface area contributed by atoms with Gasteiger partial charge in [-0.3, -0.25) is 0 Å². The van der Waals surface area contributed by atoms with Gasteiger partial charge < -0.3 is 0 Å². The lowest BCUT2D eigenvalue weighted by atomic mass is 10.2. The lowest BCUT2D eigenvalue weighted by molar-refractivity contribution is 0.584. The van der Waals surface area contributed by atoms with Crippen molar-refractivity contribution in [2.24, 2.45) is 0 Å². The molecule has 2 aromatic heterocycles. The van der Waals surface area contributed by atoms with E-state index in [4.69, 9.17) is 0 Å². The Balaban J connectivity index is 1.71. The van der Waals surface area contributed by atoms with Gasteiger partial charge in [0.15, 0.2) is 0 Å². The maximum Gasteiger partial charge on any atom is 0.250 e. The minimum Gasteiger partial charge on any atom is -0.206 e. The molecule has 1 aromatic carbocycles. The van der Waals surface area contributed by atoms with E-state index in [-0.39, 0.29) is 0 Å². The maximum atomic E-state index is 12.0. The van der Waals surface area contributed by atoms with Gasteiger partial charge in [-0.1, -0.05) is 36.4 Å². The minimum absolute atomic E-state index is 0.317. The summed E-state index contributed by atoms with van der Waals surface area (Å²) in [6.45, 7) is 0.317. The summed E-state index contributed by atoms with van der Waals surface area (Å²) in [5, 5.41) is 1.76. The normalized spacial score (nSPS) is 11.6. The largest absolute Gasteiger partial charge is 0.250 e. The number of rotatable bonds is 5. The fourth-order valence-electron chi connectivity index (χ4n) is 1.88. The summed E-state index contributed by atoms with van der Waals surface area (Å²) in [6, 6.07) is 17.4. The first-order valence-electron chi connectivity index (χ1n) is 6.32. The zero-order valence-electron chi connectivity index (χ0n) is 11.0. The first kappa shape index (κ1) is 14.5. The van der Waals surface area contributed by atoms with Gasteiger partial charge >= 0.3 is 0 Å². The van der Waals surface area contributed by atoms with Crippen LogP contribution in [0.4, 0.5) is 0 Å². The van der Waals surface area contributed by atoms with E-state index in [0.717, 1.165) is 15.3 Å². The van der Waals surface area contributed by atoms with E-state index in [9.17, 15) is 8.42 Å². The summed E-state index contributed by atoms with van der Waals surface area (Å²) < 4.78 is 27.1. The topological polar surface area (TPSA) is 46.2 Å². The predicted octanol–water partition coefficient (Wildman–Crippen LogP) is 3.96. The summed E-state index contributed by atoms with van der Waals surface area (Å²) in [6.07, 6.45) is 0. The number of hydrogen-bond acceptors (Lipinski definition) is 4. The van der Waals surface area contributed by atoms with E-state index in [1.165, 1.54) is 11.3 Å². The van der Waals surface area contributed by atoms with Gasteiger partial charge in [-0.25, -0.2) is 13.1 Å². The Hall–Kier alpha value is -1.47. The summed E-state index contributed by atoms with van der Waals surface area (Å²) in [4.78, 5) is 2.13. The molecular formula is C15H13NO2S3. The molecule has 1 N–H and O–H groups in total. The molecule has 3 rings (SSSR count). The fourth-order valence-corrected chi connectivity index (χ4v) is 4.97. The van der Waals surface area contributed by atoms with E-state index in [2.05, 4.69) is 4.72 Å². The minimum atomic E-state index is -3.40. The van der Waals surface area contributed by atoms with Crippen molar-refractivity contribution in [2.75, 3.05) is 0 Å². The second-order valence-electron chi connectivity index (χ2n) is 4.39. The molecule has 0 radical (unpaired) electrons. The lowest BCUT2D eigenvalue weighted by Gasteiger charge is -2.02. The smallest absolute Gasteiger partial charge is 0.206 e. The molecule has 0 aliphatic carbocycles. The van der Waals surface area contributed by atoms with E-state index >= 15 is 0 Å². The predicted molar refractivity (Wildman–Crippen MR) is 88.1 cm³/mol. The lowest BCUT2D eigenvalue weighted by Crippen LogP contribution is -2.21. The first-order chi connectivity index (χ1) is 10.1. The maximum absolute atomic E-state index is 12.0. The van der Waals surface area contributed by atoms with Gasteiger partial charge in [0.2, 0.25) is 10.0 Å². The Bertz CT molecular complexity index is 806. The van der Waals surface area contributed by atoms with Crippen LogP contribution in [0.3, 0.4) is 0 Å². The molecule has 0 aliphatic rings. The van der Waals surface area contributed by atoms with Gasteiger partial charge in [-0.05, 0) is 29.1 Å². The summed E-state index contributed by atoms with van der Waals surface area (Å²) >= 11 is 2.82. The molecule has 0 saturated heterocycles. The average molecular weight is 335 g/mol. The van der Waals surface area contributed by atoms with Crippen molar-refractivity contribution in [3.8, 4) is 10.4 Å². The van der Waals surface area contributed by atoms with Crippen molar-refractivity contribution >= 4 is 32.7 Å². The molecule has 0 unspecified atom stereocenters. The number of benzene rings is 1. The van der Waals surface area contributed by atoms with Gasteiger partial charge in [0.05, 0.1) is 0 Å². The Morgan fingerprint density at radius 2 is 1.76 bits per heavy atom. The number of thiophene rings is 2. The molecule has 0 saturated carbocycles. The van der Waals surface area contributed by atoms with Crippen LogP contribution in [-0.4, -0.2) is 8.42 Å². The number of nitrogens with one attached hydrogen (secondary N) is 1.